The molecule has 0 radical (unpaired) electrons. The number of nitrogens with zero attached hydrogens (tertiary/aromatic N) is 1. The van der Waals surface area contributed by atoms with Gasteiger partial charge in [0.25, 0.3) is 5.91 Å². The van der Waals surface area contributed by atoms with Gasteiger partial charge in [0.2, 0.25) is 0 Å². The van der Waals surface area contributed by atoms with Crippen molar-refractivity contribution < 1.29 is 9.18 Å². The van der Waals surface area contributed by atoms with E-state index in [1.54, 1.807) is 0 Å². The van der Waals surface area contributed by atoms with Crippen LogP contribution in [0.2, 0.25) is 5.15 Å². The van der Waals surface area contributed by atoms with Gasteiger partial charge in [-0.3, -0.25) is 4.79 Å². The topological polar surface area (TPSA) is 42.0 Å². The van der Waals surface area contributed by atoms with Gasteiger partial charge in [-0.05, 0) is 31.2 Å². The second-order valence-electron chi connectivity index (χ2n) is 4.35. The molecule has 0 aliphatic heterocycles. The smallest absolute Gasteiger partial charge is 0.254 e. The summed E-state index contributed by atoms with van der Waals surface area (Å²) in [7, 11) is 0. The van der Waals surface area contributed by atoms with Crippen molar-refractivity contribution >= 4 is 17.5 Å². The Morgan fingerprint density at radius 1 is 1.56 bits per heavy atom. The Labute approximate surface area is 110 Å². The van der Waals surface area contributed by atoms with Crippen molar-refractivity contribution in [1.82, 2.24) is 10.3 Å². The molecule has 1 N–H and O–H groups in total. The summed E-state index contributed by atoms with van der Waals surface area (Å²) in [5.41, 5.74) is 0.0861. The van der Waals surface area contributed by atoms with E-state index in [1.807, 2.05) is 0 Å². The molecule has 3 nitrogen and oxygen atoms in total. The number of halogens is 2. The summed E-state index contributed by atoms with van der Waals surface area (Å²) in [5, 5.41) is 2.80. The highest BCUT2D eigenvalue weighted by atomic mass is 35.5. The molecule has 1 aliphatic rings. The van der Waals surface area contributed by atoms with E-state index in [-0.39, 0.29) is 16.6 Å². The summed E-state index contributed by atoms with van der Waals surface area (Å²) in [4.78, 5) is 15.5. The van der Waals surface area contributed by atoms with Crippen LogP contribution in [0.15, 0.2) is 24.4 Å². The molecule has 0 saturated carbocycles. The minimum Gasteiger partial charge on any atom is -0.352 e. The fourth-order valence-corrected chi connectivity index (χ4v) is 2.14. The van der Waals surface area contributed by atoms with Crippen molar-refractivity contribution in [2.45, 2.75) is 19.3 Å². The monoisotopic (exact) mass is 268 g/mol. The summed E-state index contributed by atoms with van der Waals surface area (Å²) in [6, 6.07) is 1.10. The number of nitrogens with one attached hydrogen (secondary N) is 1. The minimum absolute atomic E-state index is 0.0254. The van der Waals surface area contributed by atoms with E-state index in [0.29, 0.717) is 12.5 Å². The Hall–Kier alpha value is -1.42. The molecule has 1 aliphatic carbocycles. The Morgan fingerprint density at radius 3 is 3.11 bits per heavy atom. The molecule has 1 unspecified atom stereocenters. The molecule has 0 bridgehead atoms. The van der Waals surface area contributed by atoms with E-state index in [0.717, 1.165) is 31.5 Å². The summed E-state index contributed by atoms with van der Waals surface area (Å²) in [5.74, 6) is -0.494. The first kappa shape index (κ1) is 13.0. The van der Waals surface area contributed by atoms with Crippen LogP contribution in [0, 0.1) is 11.7 Å². The molecule has 1 atom stereocenters. The third-order valence-electron chi connectivity index (χ3n) is 2.98. The Balaban J connectivity index is 1.95. The van der Waals surface area contributed by atoms with Crippen LogP contribution in [0.5, 0.6) is 0 Å². The van der Waals surface area contributed by atoms with E-state index in [4.69, 9.17) is 11.6 Å². The fourth-order valence-electron chi connectivity index (χ4n) is 1.96. The van der Waals surface area contributed by atoms with E-state index in [1.165, 1.54) is 0 Å². The lowest BCUT2D eigenvalue weighted by atomic mass is 9.94. The van der Waals surface area contributed by atoms with Gasteiger partial charge in [-0.2, -0.15) is 0 Å². The first-order valence-electron chi connectivity index (χ1n) is 5.91. The van der Waals surface area contributed by atoms with Crippen molar-refractivity contribution in [2.75, 3.05) is 6.54 Å². The highest BCUT2D eigenvalue weighted by Crippen LogP contribution is 2.18. The molecule has 1 amide bonds. The molecule has 1 aromatic heterocycles. The number of rotatable bonds is 3. The molecule has 0 spiro atoms. The summed E-state index contributed by atoms with van der Waals surface area (Å²) < 4.78 is 13.0. The quantitative estimate of drug-likeness (QED) is 0.676. The second-order valence-corrected chi connectivity index (χ2v) is 4.71. The van der Waals surface area contributed by atoms with E-state index >= 15 is 0 Å². The maximum atomic E-state index is 13.0. The summed E-state index contributed by atoms with van der Waals surface area (Å²) >= 11 is 5.76. The van der Waals surface area contributed by atoms with Crippen LogP contribution in [0.4, 0.5) is 4.39 Å². The maximum absolute atomic E-state index is 13.0. The average molecular weight is 269 g/mol. The normalized spacial score (nSPS) is 18.7. The van der Waals surface area contributed by atoms with Crippen LogP contribution in [0.25, 0.3) is 0 Å². The van der Waals surface area contributed by atoms with Gasteiger partial charge in [-0.1, -0.05) is 23.8 Å². The number of allylic oxidation sites excluding steroid dienone is 2. The van der Waals surface area contributed by atoms with Gasteiger partial charge in [0.15, 0.2) is 0 Å². The molecule has 96 valence electrons. The van der Waals surface area contributed by atoms with Gasteiger partial charge in [-0.15, -0.1) is 0 Å². The van der Waals surface area contributed by atoms with Crippen LogP contribution in [-0.4, -0.2) is 17.4 Å². The van der Waals surface area contributed by atoms with Crippen molar-refractivity contribution in [3.05, 3.63) is 40.9 Å². The fraction of sp³-hybridized carbons (Fsp3) is 0.385. The van der Waals surface area contributed by atoms with Crippen molar-refractivity contribution in [3.63, 3.8) is 0 Å². The lowest BCUT2D eigenvalue weighted by Crippen LogP contribution is -2.30. The minimum atomic E-state index is -0.565. The standard InChI is InChI=1S/C13H14ClFN2O/c14-12-11(6-10(15)8-16-12)13(18)17-7-9-4-2-1-3-5-9/h1-2,6,8-9H,3-5,7H2,(H,17,18). The molecule has 5 heteroatoms. The molecule has 0 fully saturated rings. The van der Waals surface area contributed by atoms with Crippen LogP contribution in [-0.2, 0) is 0 Å². The first-order valence-corrected chi connectivity index (χ1v) is 6.29. The number of pyridine rings is 1. The predicted octanol–water partition coefficient (Wildman–Crippen LogP) is 2.96. The molecule has 18 heavy (non-hydrogen) atoms. The van der Waals surface area contributed by atoms with Gasteiger partial charge in [0.1, 0.15) is 11.0 Å². The Morgan fingerprint density at radius 2 is 2.39 bits per heavy atom. The Kier molecular flexibility index (Phi) is 4.31. The van der Waals surface area contributed by atoms with Gasteiger partial charge in [0.05, 0.1) is 11.8 Å². The molecular formula is C13H14ClFN2O. The van der Waals surface area contributed by atoms with Crippen LogP contribution in [0.1, 0.15) is 29.6 Å². The van der Waals surface area contributed by atoms with Crippen LogP contribution >= 0.6 is 11.6 Å². The molecule has 1 heterocycles. The zero-order chi connectivity index (χ0) is 13.0. The SMILES string of the molecule is O=C(NCC1CC=CCC1)c1cc(F)cnc1Cl. The number of hydrogen-bond donors (Lipinski definition) is 1. The van der Waals surface area contributed by atoms with Crippen molar-refractivity contribution in [3.8, 4) is 0 Å². The highest BCUT2D eigenvalue weighted by molar-refractivity contribution is 6.32. The largest absolute Gasteiger partial charge is 0.352 e. The molecule has 0 saturated heterocycles. The average Bonchev–Trinajstić information content (AvgIpc) is 2.40. The lowest BCUT2D eigenvalue weighted by Gasteiger charge is -2.18. The van der Waals surface area contributed by atoms with E-state index < -0.39 is 5.82 Å². The van der Waals surface area contributed by atoms with E-state index in [9.17, 15) is 9.18 Å². The summed E-state index contributed by atoms with van der Waals surface area (Å²) in [6.45, 7) is 0.579. The van der Waals surface area contributed by atoms with Gasteiger partial charge in [0, 0.05) is 6.54 Å². The third-order valence-corrected chi connectivity index (χ3v) is 3.28. The number of carbonyl (C=O) groups is 1. The molecular weight excluding hydrogens is 255 g/mol. The number of aromatic nitrogens is 1. The van der Waals surface area contributed by atoms with Crippen LogP contribution < -0.4 is 5.32 Å². The Bertz CT molecular complexity index is 476. The van der Waals surface area contributed by atoms with Gasteiger partial charge >= 0.3 is 0 Å². The van der Waals surface area contributed by atoms with Gasteiger partial charge < -0.3 is 5.32 Å². The highest BCUT2D eigenvalue weighted by Gasteiger charge is 2.15. The van der Waals surface area contributed by atoms with Crippen molar-refractivity contribution in [1.29, 1.82) is 0 Å². The first-order chi connectivity index (χ1) is 8.66. The number of amides is 1. The molecule has 0 aromatic carbocycles. The number of carbonyl (C=O) groups excluding carboxylic acids is 1. The maximum Gasteiger partial charge on any atom is 0.254 e. The molecule has 1 aromatic rings. The summed E-state index contributed by atoms with van der Waals surface area (Å²) in [6.07, 6.45) is 8.33. The predicted molar refractivity (Wildman–Crippen MR) is 68.0 cm³/mol. The van der Waals surface area contributed by atoms with Crippen LogP contribution in [0.3, 0.4) is 0 Å². The lowest BCUT2D eigenvalue weighted by molar-refractivity contribution is 0.0945. The third kappa shape index (κ3) is 3.29. The van der Waals surface area contributed by atoms with Crippen molar-refractivity contribution in [2.24, 2.45) is 5.92 Å². The van der Waals surface area contributed by atoms with E-state index in [2.05, 4.69) is 22.5 Å². The zero-order valence-electron chi connectivity index (χ0n) is 9.83. The molecule has 2 rings (SSSR count). The van der Waals surface area contributed by atoms with Gasteiger partial charge in [-0.25, -0.2) is 9.37 Å². The second kappa shape index (κ2) is 5.96. The zero-order valence-corrected chi connectivity index (χ0v) is 10.6. The number of hydrogen-bond acceptors (Lipinski definition) is 2.